The minimum Gasteiger partial charge on any atom is -0.396 e. The van der Waals surface area contributed by atoms with Gasteiger partial charge >= 0.3 is 0 Å². The maximum atomic E-state index is 10.6. The predicted molar refractivity (Wildman–Crippen MR) is 79.1 cm³/mol. The van der Waals surface area contributed by atoms with Crippen LogP contribution in [-0.4, -0.2) is 22.9 Å². The molecule has 114 valence electrons. The van der Waals surface area contributed by atoms with Gasteiger partial charge in [-0.3, -0.25) is 0 Å². The van der Waals surface area contributed by atoms with Crippen LogP contribution in [-0.2, 0) is 0 Å². The minimum absolute atomic E-state index is 0.0493. The molecule has 0 radical (unpaired) electrons. The lowest BCUT2D eigenvalue weighted by atomic mass is 9.52. The van der Waals surface area contributed by atoms with Crippen molar-refractivity contribution in [2.75, 3.05) is 6.61 Å². The first-order chi connectivity index (χ1) is 9.38. The van der Waals surface area contributed by atoms with Gasteiger partial charge in [0.2, 0.25) is 0 Å². The molecule has 4 aliphatic rings. The fourth-order valence-electron chi connectivity index (χ4n) is 7.52. The molecule has 7 atom stereocenters. The van der Waals surface area contributed by atoms with Gasteiger partial charge < -0.3 is 10.2 Å². The highest BCUT2D eigenvalue weighted by atomic mass is 16.3. The highest BCUT2D eigenvalue weighted by Gasteiger charge is 2.80. The van der Waals surface area contributed by atoms with Crippen LogP contribution >= 0.6 is 0 Å². The van der Waals surface area contributed by atoms with Gasteiger partial charge in [0.15, 0.2) is 0 Å². The van der Waals surface area contributed by atoms with Crippen LogP contribution in [0.2, 0.25) is 0 Å². The smallest absolute Gasteiger partial charge is 0.0574 e. The van der Waals surface area contributed by atoms with Gasteiger partial charge in [0, 0.05) is 6.61 Å². The van der Waals surface area contributed by atoms with E-state index in [0.717, 1.165) is 31.1 Å². The molecule has 20 heavy (non-hydrogen) atoms. The molecule has 0 saturated heterocycles. The zero-order valence-corrected chi connectivity index (χ0v) is 13.2. The van der Waals surface area contributed by atoms with Gasteiger partial charge in [0.25, 0.3) is 0 Å². The van der Waals surface area contributed by atoms with Crippen LogP contribution in [0.5, 0.6) is 0 Å². The van der Waals surface area contributed by atoms with E-state index >= 15 is 0 Å². The number of rotatable bonds is 1. The average molecular weight is 278 g/mol. The largest absolute Gasteiger partial charge is 0.396 e. The summed E-state index contributed by atoms with van der Waals surface area (Å²) in [5, 5.41) is 20.7. The summed E-state index contributed by atoms with van der Waals surface area (Å²) in [6.07, 6.45) is 7.22. The number of aliphatic hydroxyl groups excluding tert-OH is 2. The number of hydrogen-bond donors (Lipinski definition) is 2. The van der Waals surface area contributed by atoms with Gasteiger partial charge in [0.1, 0.15) is 0 Å². The molecule has 4 fully saturated rings. The lowest BCUT2D eigenvalue weighted by Crippen LogP contribution is -2.50. The summed E-state index contributed by atoms with van der Waals surface area (Å²) in [6.45, 7) is 7.55. The summed E-state index contributed by atoms with van der Waals surface area (Å²) in [4.78, 5) is 0. The monoisotopic (exact) mass is 278 g/mol. The third kappa shape index (κ3) is 1.30. The van der Waals surface area contributed by atoms with E-state index in [1.54, 1.807) is 0 Å². The van der Waals surface area contributed by atoms with Crippen LogP contribution in [0.4, 0.5) is 0 Å². The Kier molecular flexibility index (Phi) is 2.59. The van der Waals surface area contributed by atoms with Crippen molar-refractivity contribution in [3.05, 3.63) is 0 Å². The summed E-state index contributed by atoms with van der Waals surface area (Å²) < 4.78 is 0. The van der Waals surface area contributed by atoms with Crippen LogP contribution in [0.3, 0.4) is 0 Å². The van der Waals surface area contributed by atoms with Gasteiger partial charge in [-0.1, -0.05) is 27.2 Å². The summed E-state index contributed by atoms with van der Waals surface area (Å²) in [6, 6.07) is 0. The molecule has 2 N–H and O–H groups in total. The molecule has 2 heteroatoms. The van der Waals surface area contributed by atoms with Crippen LogP contribution in [0.15, 0.2) is 0 Å². The average Bonchev–Trinajstić information content (AvgIpc) is 2.91. The van der Waals surface area contributed by atoms with Crippen molar-refractivity contribution in [1.29, 1.82) is 0 Å². The molecular weight excluding hydrogens is 248 g/mol. The van der Waals surface area contributed by atoms with E-state index < -0.39 is 0 Å². The molecule has 2 nitrogen and oxygen atoms in total. The van der Waals surface area contributed by atoms with Gasteiger partial charge in [-0.2, -0.15) is 0 Å². The van der Waals surface area contributed by atoms with Gasteiger partial charge in [-0.05, 0) is 72.0 Å². The van der Waals surface area contributed by atoms with Crippen molar-refractivity contribution >= 4 is 0 Å². The topological polar surface area (TPSA) is 40.5 Å². The summed E-state index contributed by atoms with van der Waals surface area (Å²) >= 11 is 0. The van der Waals surface area contributed by atoms with Gasteiger partial charge in [-0.15, -0.1) is 0 Å². The summed E-state index contributed by atoms with van der Waals surface area (Å²) in [7, 11) is 0. The van der Waals surface area contributed by atoms with E-state index in [4.69, 9.17) is 0 Å². The zero-order valence-electron chi connectivity index (χ0n) is 13.2. The fourth-order valence-corrected chi connectivity index (χ4v) is 7.52. The maximum Gasteiger partial charge on any atom is 0.0574 e. The Bertz CT molecular complexity index is 431. The summed E-state index contributed by atoms with van der Waals surface area (Å²) in [5.74, 6) is 2.57. The van der Waals surface area contributed by atoms with E-state index in [-0.39, 0.29) is 11.5 Å². The maximum absolute atomic E-state index is 10.6. The van der Waals surface area contributed by atoms with E-state index in [0.29, 0.717) is 29.3 Å². The summed E-state index contributed by atoms with van der Waals surface area (Å²) in [5.41, 5.74) is 0.876. The predicted octanol–water partition coefficient (Wildman–Crippen LogP) is 3.22. The molecule has 0 aromatic carbocycles. The highest BCUT2D eigenvalue weighted by Crippen LogP contribution is 2.84. The lowest BCUT2D eigenvalue weighted by Gasteiger charge is -2.53. The lowest BCUT2D eigenvalue weighted by molar-refractivity contribution is -0.0939. The quantitative estimate of drug-likeness (QED) is 0.773. The first-order valence-electron chi connectivity index (χ1n) is 8.67. The molecule has 0 bridgehead atoms. The molecule has 4 aliphatic carbocycles. The Balaban J connectivity index is 1.83. The molecule has 1 spiro atoms. The SMILES string of the molecule is CC1(C)CCC[C@@H]2[C@H]3C[C@@H](O)[C@@H]4CC[C@](C)(CO)[C@H]4[C@@]231. The van der Waals surface area contributed by atoms with Crippen molar-refractivity contribution < 1.29 is 10.2 Å². The minimum atomic E-state index is -0.106. The molecular formula is C18H30O2. The molecule has 0 amide bonds. The normalized spacial score (nSPS) is 59.5. The molecule has 0 aromatic heterocycles. The van der Waals surface area contributed by atoms with Crippen LogP contribution in [0.1, 0.15) is 59.3 Å². The van der Waals surface area contributed by atoms with Crippen LogP contribution < -0.4 is 0 Å². The van der Waals surface area contributed by atoms with Crippen molar-refractivity contribution in [2.24, 2.45) is 39.9 Å². The number of fused-ring (bicyclic) bond motifs is 2. The van der Waals surface area contributed by atoms with E-state index in [1.165, 1.54) is 19.3 Å². The molecule has 0 unspecified atom stereocenters. The van der Waals surface area contributed by atoms with Crippen LogP contribution in [0.25, 0.3) is 0 Å². The first-order valence-corrected chi connectivity index (χ1v) is 8.67. The Labute approximate surface area is 123 Å². The highest BCUT2D eigenvalue weighted by molar-refractivity contribution is 5.27. The molecule has 4 rings (SSSR count). The Morgan fingerprint density at radius 2 is 1.80 bits per heavy atom. The Hall–Kier alpha value is -0.0800. The van der Waals surface area contributed by atoms with Crippen molar-refractivity contribution in [3.63, 3.8) is 0 Å². The first kappa shape index (κ1) is 13.6. The second-order valence-corrected chi connectivity index (χ2v) is 9.22. The molecule has 4 saturated carbocycles. The molecule has 0 aliphatic heterocycles. The van der Waals surface area contributed by atoms with E-state index in [2.05, 4.69) is 20.8 Å². The second-order valence-electron chi connectivity index (χ2n) is 9.22. The molecule has 0 aromatic rings. The van der Waals surface area contributed by atoms with E-state index in [9.17, 15) is 10.2 Å². The Morgan fingerprint density at radius 3 is 2.50 bits per heavy atom. The van der Waals surface area contributed by atoms with Crippen LogP contribution in [0, 0.1) is 39.9 Å². The standard InChI is InChI=1S/C18H30O2/c1-16(2)7-4-5-12-13-9-14(20)11-6-8-17(3,10-19)15(11)18(12,13)16/h11-15,19-20H,4-10H2,1-3H3/t11-,12+,13+,14+,15-,17+,18+/m0/s1. The van der Waals surface area contributed by atoms with Gasteiger partial charge in [0.05, 0.1) is 6.10 Å². The third-order valence-electron chi connectivity index (χ3n) is 8.19. The van der Waals surface area contributed by atoms with Crippen molar-refractivity contribution in [1.82, 2.24) is 0 Å². The Morgan fingerprint density at radius 1 is 1.05 bits per heavy atom. The zero-order chi connectivity index (χ0) is 14.3. The number of hydrogen-bond acceptors (Lipinski definition) is 2. The fraction of sp³-hybridized carbons (Fsp3) is 1.00. The molecule has 0 heterocycles. The van der Waals surface area contributed by atoms with Crippen molar-refractivity contribution in [2.45, 2.75) is 65.4 Å². The van der Waals surface area contributed by atoms with Gasteiger partial charge in [-0.25, -0.2) is 0 Å². The van der Waals surface area contributed by atoms with E-state index in [1.807, 2.05) is 0 Å². The number of aliphatic hydroxyl groups is 2. The van der Waals surface area contributed by atoms with Crippen molar-refractivity contribution in [3.8, 4) is 0 Å². The second kappa shape index (κ2) is 3.81. The third-order valence-corrected chi connectivity index (χ3v) is 8.19.